The summed E-state index contributed by atoms with van der Waals surface area (Å²) in [5, 5.41) is 1.69. The summed E-state index contributed by atoms with van der Waals surface area (Å²) in [6.07, 6.45) is 1.81. The number of fused-ring (bicyclic) bond motifs is 1. The molecule has 3 aromatic rings. The van der Waals surface area contributed by atoms with Gasteiger partial charge in [-0.05, 0) is 48.5 Å². The third-order valence-corrected chi connectivity index (χ3v) is 6.44. The number of nitrogens with zero attached hydrogens (tertiary/aromatic N) is 2. The van der Waals surface area contributed by atoms with Crippen LogP contribution in [0.15, 0.2) is 47.4 Å². The van der Waals surface area contributed by atoms with Crippen molar-refractivity contribution >= 4 is 63.1 Å². The van der Waals surface area contributed by atoms with Crippen molar-refractivity contribution < 1.29 is 9.59 Å². The zero-order chi connectivity index (χ0) is 20.0. The van der Waals surface area contributed by atoms with E-state index in [9.17, 15) is 9.59 Å². The molecule has 0 atom stereocenters. The monoisotopic (exact) mass is 430 g/mol. The van der Waals surface area contributed by atoms with E-state index in [1.165, 1.54) is 4.90 Å². The van der Waals surface area contributed by atoms with Crippen LogP contribution >= 0.6 is 35.0 Å². The maximum absolute atomic E-state index is 12.9. The zero-order valence-electron chi connectivity index (χ0n) is 15.2. The van der Waals surface area contributed by atoms with Crippen molar-refractivity contribution in [3.8, 4) is 0 Å². The van der Waals surface area contributed by atoms with Gasteiger partial charge in [-0.3, -0.25) is 14.5 Å². The molecular weight excluding hydrogens is 415 g/mol. The van der Waals surface area contributed by atoms with Gasteiger partial charge in [0.1, 0.15) is 0 Å². The normalized spacial score (nSPS) is 16.0. The Morgan fingerprint density at radius 3 is 2.61 bits per heavy atom. The molecule has 2 aromatic carbocycles. The van der Waals surface area contributed by atoms with Crippen LogP contribution in [-0.2, 0) is 18.4 Å². The van der Waals surface area contributed by atoms with Crippen LogP contribution in [-0.4, -0.2) is 20.6 Å². The number of amides is 2. The molecule has 0 N–H and O–H groups in total. The van der Waals surface area contributed by atoms with Gasteiger partial charge in [-0.15, -0.1) is 0 Å². The van der Waals surface area contributed by atoms with Crippen molar-refractivity contribution in [2.45, 2.75) is 13.5 Å². The van der Waals surface area contributed by atoms with Crippen LogP contribution in [0.4, 0.5) is 4.79 Å². The molecule has 0 saturated carbocycles. The van der Waals surface area contributed by atoms with Gasteiger partial charge in [-0.1, -0.05) is 47.5 Å². The Morgan fingerprint density at radius 2 is 1.86 bits per heavy atom. The largest absolute Gasteiger partial charge is 0.347 e. The first-order valence-corrected chi connectivity index (χ1v) is 10.2. The van der Waals surface area contributed by atoms with Gasteiger partial charge >= 0.3 is 0 Å². The van der Waals surface area contributed by atoms with Gasteiger partial charge < -0.3 is 4.57 Å². The van der Waals surface area contributed by atoms with E-state index >= 15 is 0 Å². The lowest BCUT2D eigenvalue weighted by Crippen LogP contribution is -2.27. The van der Waals surface area contributed by atoms with Crippen LogP contribution in [0.5, 0.6) is 0 Å². The quantitative estimate of drug-likeness (QED) is 0.476. The van der Waals surface area contributed by atoms with E-state index < -0.39 is 0 Å². The summed E-state index contributed by atoms with van der Waals surface area (Å²) in [5.74, 6) is -0.312. The molecule has 28 heavy (non-hydrogen) atoms. The van der Waals surface area contributed by atoms with Crippen LogP contribution < -0.4 is 0 Å². The Bertz CT molecular complexity index is 1170. The number of thioether (sulfide) groups is 1. The zero-order valence-corrected chi connectivity index (χ0v) is 17.5. The summed E-state index contributed by atoms with van der Waals surface area (Å²) in [7, 11) is 1.99. The topological polar surface area (TPSA) is 42.3 Å². The van der Waals surface area contributed by atoms with Gasteiger partial charge in [0.15, 0.2) is 0 Å². The average Bonchev–Trinajstić information content (AvgIpc) is 3.07. The molecule has 0 aliphatic carbocycles. The smallest absolute Gasteiger partial charge is 0.293 e. The molecular formula is C21H16Cl2N2O2S. The summed E-state index contributed by atoms with van der Waals surface area (Å²) in [4.78, 5) is 27.0. The van der Waals surface area contributed by atoms with E-state index in [1.807, 2.05) is 44.3 Å². The van der Waals surface area contributed by atoms with Gasteiger partial charge in [0.25, 0.3) is 11.1 Å². The highest BCUT2D eigenvalue weighted by Crippen LogP contribution is 2.36. The summed E-state index contributed by atoms with van der Waals surface area (Å²) in [6.45, 7) is 2.12. The van der Waals surface area contributed by atoms with Crippen molar-refractivity contribution in [1.82, 2.24) is 9.47 Å². The number of hydrogen-bond acceptors (Lipinski definition) is 3. The standard InChI is InChI=1S/C21H16Cl2N2O2S/c1-12-16(15-5-3-4-6-18(15)24(12)2)10-19-20(26)25(21(27)28-19)11-13-7-8-14(22)9-17(13)23/h3-10H,11H2,1-2H3/b19-10-. The second-order valence-corrected chi connectivity index (χ2v) is 8.42. The molecule has 2 heterocycles. The van der Waals surface area contributed by atoms with E-state index in [0.717, 1.165) is 33.9 Å². The molecule has 1 aliphatic heterocycles. The molecule has 142 valence electrons. The summed E-state index contributed by atoms with van der Waals surface area (Å²) in [5.41, 5.74) is 3.75. The third kappa shape index (κ3) is 3.24. The molecule has 0 radical (unpaired) electrons. The summed E-state index contributed by atoms with van der Waals surface area (Å²) < 4.78 is 2.08. The number of imide groups is 1. The minimum atomic E-state index is -0.312. The molecule has 4 rings (SSSR count). The van der Waals surface area contributed by atoms with E-state index in [0.29, 0.717) is 20.5 Å². The molecule has 1 saturated heterocycles. The minimum Gasteiger partial charge on any atom is -0.347 e. The van der Waals surface area contributed by atoms with Crippen molar-refractivity contribution in [3.63, 3.8) is 0 Å². The average molecular weight is 431 g/mol. The number of rotatable bonds is 3. The third-order valence-electron chi connectivity index (χ3n) is 4.94. The molecule has 7 heteroatoms. The van der Waals surface area contributed by atoms with Crippen LogP contribution in [0.1, 0.15) is 16.8 Å². The highest BCUT2D eigenvalue weighted by atomic mass is 35.5. The molecule has 4 nitrogen and oxygen atoms in total. The van der Waals surface area contributed by atoms with Gasteiger partial charge in [0, 0.05) is 39.3 Å². The number of para-hydroxylation sites is 1. The molecule has 2 amide bonds. The SMILES string of the molecule is Cc1c(/C=C2\SC(=O)N(Cc3ccc(Cl)cc3Cl)C2=O)c2ccccc2n1C. The fourth-order valence-corrected chi connectivity index (χ4v) is 4.61. The highest BCUT2D eigenvalue weighted by molar-refractivity contribution is 8.18. The fraction of sp³-hybridized carbons (Fsp3) is 0.143. The first-order valence-electron chi connectivity index (χ1n) is 8.60. The Kier molecular flexibility index (Phi) is 5.00. The second-order valence-electron chi connectivity index (χ2n) is 6.58. The van der Waals surface area contributed by atoms with Gasteiger partial charge in [-0.25, -0.2) is 0 Å². The van der Waals surface area contributed by atoms with Crippen LogP contribution in [0, 0.1) is 6.92 Å². The number of carbonyl (C=O) groups excluding carboxylic acids is 2. The lowest BCUT2D eigenvalue weighted by Gasteiger charge is -2.13. The van der Waals surface area contributed by atoms with Crippen molar-refractivity contribution in [2.24, 2.45) is 7.05 Å². The molecule has 0 bridgehead atoms. The Hall–Kier alpha value is -2.21. The van der Waals surface area contributed by atoms with Crippen molar-refractivity contribution in [1.29, 1.82) is 0 Å². The predicted molar refractivity (Wildman–Crippen MR) is 116 cm³/mol. The van der Waals surface area contributed by atoms with E-state index in [2.05, 4.69) is 4.57 Å². The van der Waals surface area contributed by atoms with E-state index in [4.69, 9.17) is 23.2 Å². The number of halogens is 2. The Balaban J connectivity index is 1.69. The van der Waals surface area contributed by atoms with Crippen molar-refractivity contribution in [3.05, 3.63) is 74.2 Å². The first kappa shape index (κ1) is 19.1. The van der Waals surface area contributed by atoms with Crippen LogP contribution in [0.25, 0.3) is 17.0 Å². The molecule has 0 spiro atoms. The fourth-order valence-electron chi connectivity index (χ4n) is 3.32. The molecule has 0 unspecified atom stereocenters. The Labute approximate surface area is 176 Å². The van der Waals surface area contributed by atoms with Crippen LogP contribution in [0.3, 0.4) is 0 Å². The van der Waals surface area contributed by atoms with Gasteiger partial charge in [0.05, 0.1) is 11.4 Å². The van der Waals surface area contributed by atoms with Gasteiger partial charge in [0.2, 0.25) is 0 Å². The molecule has 1 aliphatic rings. The lowest BCUT2D eigenvalue weighted by molar-refractivity contribution is -0.123. The predicted octanol–water partition coefficient (Wildman–Crippen LogP) is 6.03. The number of aromatic nitrogens is 1. The number of hydrogen-bond donors (Lipinski definition) is 0. The number of aryl methyl sites for hydroxylation is 1. The molecule has 1 fully saturated rings. The summed E-state index contributed by atoms with van der Waals surface area (Å²) in [6, 6.07) is 13.0. The maximum Gasteiger partial charge on any atom is 0.293 e. The van der Waals surface area contributed by atoms with Gasteiger partial charge in [-0.2, -0.15) is 0 Å². The minimum absolute atomic E-state index is 0.118. The van der Waals surface area contributed by atoms with E-state index in [1.54, 1.807) is 18.2 Å². The number of benzene rings is 2. The second kappa shape index (κ2) is 7.32. The van der Waals surface area contributed by atoms with Crippen molar-refractivity contribution in [2.75, 3.05) is 0 Å². The highest BCUT2D eigenvalue weighted by Gasteiger charge is 2.35. The first-order chi connectivity index (χ1) is 13.4. The van der Waals surface area contributed by atoms with E-state index in [-0.39, 0.29) is 17.7 Å². The Morgan fingerprint density at radius 1 is 1.11 bits per heavy atom. The molecule has 1 aromatic heterocycles. The number of carbonyl (C=O) groups is 2. The lowest BCUT2D eigenvalue weighted by atomic mass is 10.1. The maximum atomic E-state index is 12.9. The van der Waals surface area contributed by atoms with Crippen LogP contribution in [0.2, 0.25) is 10.0 Å². The summed E-state index contributed by atoms with van der Waals surface area (Å²) >= 11 is 13.1.